The van der Waals surface area contributed by atoms with Crippen molar-refractivity contribution in [3.05, 3.63) is 11.6 Å². The molecule has 0 spiro atoms. The predicted molar refractivity (Wildman–Crippen MR) is 92.5 cm³/mol. The lowest BCUT2D eigenvalue weighted by atomic mass is 9.50. The van der Waals surface area contributed by atoms with Crippen LogP contribution in [-0.2, 0) is 18.8 Å². The molecule has 23 heavy (non-hydrogen) atoms. The van der Waals surface area contributed by atoms with Gasteiger partial charge < -0.3 is 9.16 Å². The molecule has 3 rings (SSSR count). The number of hydrogen-bond donors (Lipinski definition) is 0. The number of fused-ring (bicyclic) bond motifs is 2. The summed E-state index contributed by atoms with van der Waals surface area (Å²) in [5, 5.41) is 0. The fourth-order valence-corrected chi connectivity index (χ4v) is 6.34. The molecule has 2 bridgehead atoms. The molecule has 5 heteroatoms. The normalized spacial score (nSPS) is 35.7. The Morgan fingerprint density at radius 2 is 1.78 bits per heavy atom. The Morgan fingerprint density at radius 1 is 1.22 bits per heavy atom. The van der Waals surface area contributed by atoms with Gasteiger partial charge in [0.2, 0.25) is 0 Å². The zero-order chi connectivity index (χ0) is 17.8. The van der Waals surface area contributed by atoms with Crippen LogP contribution in [0.1, 0.15) is 41.0 Å². The standard InChI is InChI=1S/C18H30O4Si/c1-11-9-18(22-23(6,7)8)10-17(4,5)14(11)16(21-13(3)20)15(18)12(2)19/h9,14-16H,10H2,1-8H3/t14-,15-,16-,18+/m1/s1. The second-order valence-electron chi connectivity index (χ2n) is 8.86. The fourth-order valence-electron chi connectivity index (χ4n) is 4.94. The molecule has 130 valence electrons. The smallest absolute Gasteiger partial charge is 0.302 e. The van der Waals surface area contributed by atoms with Crippen molar-refractivity contribution >= 4 is 20.1 Å². The molecule has 4 atom stereocenters. The summed E-state index contributed by atoms with van der Waals surface area (Å²) < 4.78 is 12.3. The van der Waals surface area contributed by atoms with Gasteiger partial charge in [0.25, 0.3) is 0 Å². The van der Waals surface area contributed by atoms with Gasteiger partial charge >= 0.3 is 5.97 Å². The summed E-state index contributed by atoms with van der Waals surface area (Å²) in [5.41, 5.74) is 0.437. The molecule has 0 amide bonds. The van der Waals surface area contributed by atoms with E-state index in [0.29, 0.717) is 0 Å². The van der Waals surface area contributed by atoms with Crippen molar-refractivity contribution in [1.82, 2.24) is 0 Å². The van der Waals surface area contributed by atoms with Crippen LogP contribution in [0.15, 0.2) is 11.6 Å². The van der Waals surface area contributed by atoms with Gasteiger partial charge in [-0.3, -0.25) is 9.59 Å². The average molecular weight is 339 g/mol. The molecule has 0 aromatic rings. The number of carbonyl (C=O) groups excluding carboxylic acids is 2. The van der Waals surface area contributed by atoms with E-state index in [0.717, 1.165) is 6.42 Å². The topological polar surface area (TPSA) is 52.6 Å². The Morgan fingerprint density at radius 3 is 2.17 bits per heavy atom. The second-order valence-corrected chi connectivity index (χ2v) is 13.3. The molecule has 1 saturated carbocycles. The van der Waals surface area contributed by atoms with E-state index in [1.165, 1.54) is 12.5 Å². The number of esters is 1. The summed E-state index contributed by atoms with van der Waals surface area (Å²) in [6.07, 6.45) is 2.50. The summed E-state index contributed by atoms with van der Waals surface area (Å²) in [6, 6.07) is 0. The van der Waals surface area contributed by atoms with Gasteiger partial charge in [-0.05, 0) is 45.3 Å². The zero-order valence-corrected chi connectivity index (χ0v) is 16.6. The number of ketones is 1. The first-order valence-corrected chi connectivity index (χ1v) is 11.8. The Hall–Kier alpha value is -0.943. The van der Waals surface area contributed by atoms with Gasteiger partial charge in [0.1, 0.15) is 11.9 Å². The van der Waals surface area contributed by atoms with Crippen molar-refractivity contribution in [2.45, 2.75) is 72.4 Å². The van der Waals surface area contributed by atoms with Gasteiger partial charge in [0.05, 0.1) is 11.5 Å². The lowest BCUT2D eigenvalue weighted by Gasteiger charge is -2.60. The van der Waals surface area contributed by atoms with Crippen LogP contribution in [0, 0.1) is 17.3 Å². The van der Waals surface area contributed by atoms with Gasteiger partial charge in [0, 0.05) is 12.8 Å². The van der Waals surface area contributed by atoms with Crippen LogP contribution in [0.2, 0.25) is 19.6 Å². The highest BCUT2D eigenvalue weighted by atomic mass is 28.4. The first kappa shape index (κ1) is 18.4. The lowest BCUT2D eigenvalue weighted by Crippen LogP contribution is -2.66. The van der Waals surface area contributed by atoms with Crippen LogP contribution in [0.4, 0.5) is 0 Å². The lowest BCUT2D eigenvalue weighted by molar-refractivity contribution is -0.184. The molecule has 3 aliphatic rings. The van der Waals surface area contributed by atoms with Crippen molar-refractivity contribution < 1.29 is 18.8 Å². The Balaban J connectivity index is 2.62. The van der Waals surface area contributed by atoms with Crippen LogP contribution in [0.5, 0.6) is 0 Å². The Labute approximate surface area is 140 Å². The number of carbonyl (C=O) groups is 2. The van der Waals surface area contributed by atoms with Crippen LogP contribution in [-0.4, -0.2) is 31.8 Å². The van der Waals surface area contributed by atoms with Crippen molar-refractivity contribution in [1.29, 1.82) is 0 Å². The molecule has 0 heterocycles. The molecule has 0 aromatic carbocycles. The van der Waals surface area contributed by atoms with E-state index in [-0.39, 0.29) is 23.1 Å². The summed E-state index contributed by atoms with van der Waals surface area (Å²) in [4.78, 5) is 24.2. The van der Waals surface area contributed by atoms with Crippen molar-refractivity contribution in [3.63, 3.8) is 0 Å². The van der Waals surface area contributed by atoms with E-state index < -0.39 is 25.9 Å². The average Bonchev–Trinajstić information content (AvgIpc) is 2.19. The monoisotopic (exact) mass is 338 g/mol. The first-order valence-electron chi connectivity index (χ1n) is 8.36. The number of ether oxygens (including phenoxy) is 1. The summed E-state index contributed by atoms with van der Waals surface area (Å²) in [5.74, 6) is -0.647. The minimum Gasteiger partial charge on any atom is -0.461 e. The summed E-state index contributed by atoms with van der Waals surface area (Å²) in [6.45, 7) is 15.8. The van der Waals surface area contributed by atoms with Gasteiger partial charge in [0.15, 0.2) is 8.32 Å². The zero-order valence-electron chi connectivity index (χ0n) is 15.6. The van der Waals surface area contributed by atoms with Crippen LogP contribution < -0.4 is 0 Å². The van der Waals surface area contributed by atoms with Gasteiger partial charge in [-0.15, -0.1) is 0 Å². The number of rotatable bonds is 4. The van der Waals surface area contributed by atoms with Crippen molar-refractivity contribution in [3.8, 4) is 0 Å². The molecular weight excluding hydrogens is 308 g/mol. The third-order valence-electron chi connectivity index (χ3n) is 4.96. The van der Waals surface area contributed by atoms with Gasteiger partial charge in [-0.25, -0.2) is 0 Å². The Kier molecular flexibility index (Phi) is 4.44. The SMILES string of the molecule is CC(=O)O[C@@H]1[C@H]2C(C)=C[C@](O[Si](C)(C)C)(CC2(C)C)[C@@H]1C(C)=O. The minimum atomic E-state index is -1.90. The van der Waals surface area contributed by atoms with Crippen molar-refractivity contribution in [2.24, 2.45) is 17.3 Å². The van der Waals surface area contributed by atoms with E-state index in [4.69, 9.17) is 9.16 Å². The molecular formula is C18H30O4Si. The first-order chi connectivity index (χ1) is 10.3. The maximum absolute atomic E-state index is 12.5. The molecule has 0 aromatic heterocycles. The van der Waals surface area contributed by atoms with E-state index in [9.17, 15) is 9.59 Å². The Bertz CT molecular complexity index is 558. The number of Topliss-reactive ketones (excluding diaryl/α,β-unsaturated/α-hetero) is 1. The van der Waals surface area contributed by atoms with E-state index >= 15 is 0 Å². The van der Waals surface area contributed by atoms with Gasteiger partial charge in [-0.2, -0.15) is 0 Å². The van der Waals surface area contributed by atoms with Crippen molar-refractivity contribution in [2.75, 3.05) is 0 Å². The van der Waals surface area contributed by atoms with E-state index in [1.54, 1.807) is 6.92 Å². The molecule has 0 N–H and O–H groups in total. The highest BCUT2D eigenvalue weighted by molar-refractivity contribution is 6.69. The molecule has 1 fully saturated rings. The maximum atomic E-state index is 12.5. The van der Waals surface area contributed by atoms with Crippen LogP contribution >= 0.6 is 0 Å². The predicted octanol–water partition coefficient (Wildman–Crippen LogP) is 3.72. The van der Waals surface area contributed by atoms with Crippen LogP contribution in [0.25, 0.3) is 0 Å². The molecule has 0 radical (unpaired) electrons. The molecule has 0 saturated heterocycles. The number of hydrogen-bond acceptors (Lipinski definition) is 4. The molecule has 3 aliphatic carbocycles. The van der Waals surface area contributed by atoms with Gasteiger partial charge in [-0.1, -0.05) is 25.5 Å². The third kappa shape index (κ3) is 3.31. The largest absolute Gasteiger partial charge is 0.461 e. The third-order valence-corrected chi connectivity index (χ3v) is 5.95. The highest BCUT2D eigenvalue weighted by Gasteiger charge is 2.63. The maximum Gasteiger partial charge on any atom is 0.302 e. The van der Waals surface area contributed by atoms with E-state index in [2.05, 4.69) is 46.5 Å². The summed E-state index contributed by atoms with van der Waals surface area (Å²) in [7, 11) is -1.90. The molecule has 0 aliphatic heterocycles. The second kappa shape index (κ2) is 5.55. The fraction of sp³-hybridized carbons (Fsp3) is 0.778. The minimum absolute atomic E-state index is 0.0405. The quantitative estimate of drug-likeness (QED) is 0.445. The van der Waals surface area contributed by atoms with Crippen LogP contribution in [0.3, 0.4) is 0 Å². The molecule has 4 nitrogen and oxygen atoms in total. The van der Waals surface area contributed by atoms with E-state index in [1.807, 2.05) is 0 Å². The summed E-state index contributed by atoms with van der Waals surface area (Å²) >= 11 is 0. The molecule has 0 unspecified atom stereocenters. The highest BCUT2D eigenvalue weighted by Crippen LogP contribution is 2.59.